The van der Waals surface area contributed by atoms with Crippen LogP contribution in [0.4, 0.5) is 11.4 Å². The van der Waals surface area contributed by atoms with Crippen molar-refractivity contribution in [1.82, 2.24) is 0 Å². The van der Waals surface area contributed by atoms with Gasteiger partial charge in [-0.3, -0.25) is 0 Å². The second-order valence-electron chi connectivity index (χ2n) is 7.04. The largest absolute Gasteiger partial charge is 0.321 e. The quantitative estimate of drug-likeness (QED) is 0.402. The van der Waals surface area contributed by atoms with Crippen LogP contribution in [0.15, 0.2) is 121 Å². The number of para-hydroxylation sites is 1. The van der Waals surface area contributed by atoms with Gasteiger partial charge in [0.15, 0.2) is 0 Å². The van der Waals surface area contributed by atoms with Crippen molar-refractivity contribution in [1.29, 1.82) is 0 Å². The summed E-state index contributed by atoms with van der Waals surface area (Å²) in [4.78, 5) is 4.76. The Labute approximate surface area is 172 Å². The second-order valence-corrected chi connectivity index (χ2v) is 7.04. The van der Waals surface area contributed by atoms with Crippen LogP contribution in [0.3, 0.4) is 0 Å². The maximum Gasteiger partial charge on any atom is 0.136 e. The number of rotatable bonds is 4. The zero-order valence-electron chi connectivity index (χ0n) is 16.0. The first kappa shape index (κ1) is 17.3. The molecule has 1 aliphatic rings. The van der Waals surface area contributed by atoms with Crippen molar-refractivity contribution in [3.8, 4) is 0 Å². The maximum atomic E-state index is 3.14. The van der Waals surface area contributed by atoms with Crippen LogP contribution in [0.5, 0.6) is 0 Å². The van der Waals surface area contributed by atoms with Gasteiger partial charge in [0.2, 0.25) is 0 Å². The fraction of sp³-hybridized carbons (Fsp3) is 0.0370. The molecule has 0 amide bonds. The summed E-state index contributed by atoms with van der Waals surface area (Å²) in [6, 6.07) is 43.2. The summed E-state index contributed by atoms with van der Waals surface area (Å²) in [6.07, 6.45) is 2.28. The lowest BCUT2D eigenvalue weighted by atomic mass is 10.1. The van der Waals surface area contributed by atoms with Crippen molar-refractivity contribution in [2.75, 3.05) is 9.80 Å². The molecule has 0 aromatic heterocycles. The van der Waals surface area contributed by atoms with E-state index in [4.69, 9.17) is 0 Å². The van der Waals surface area contributed by atoms with Crippen molar-refractivity contribution >= 4 is 17.1 Å². The molecule has 1 heterocycles. The fourth-order valence-electron chi connectivity index (χ4n) is 3.91. The Morgan fingerprint density at radius 2 is 1.17 bits per heavy atom. The zero-order valence-corrected chi connectivity index (χ0v) is 16.0. The summed E-state index contributed by atoms with van der Waals surface area (Å²) < 4.78 is 0. The third-order valence-electron chi connectivity index (χ3n) is 5.23. The van der Waals surface area contributed by atoms with Gasteiger partial charge < -0.3 is 9.80 Å². The van der Waals surface area contributed by atoms with Crippen LogP contribution >= 0.6 is 0 Å². The number of nitrogens with zero attached hydrogens (tertiary/aromatic N) is 2. The van der Waals surface area contributed by atoms with Gasteiger partial charge >= 0.3 is 0 Å². The molecule has 2 heteroatoms. The molecule has 4 aromatic carbocycles. The van der Waals surface area contributed by atoms with Crippen molar-refractivity contribution < 1.29 is 0 Å². The Bertz CT molecular complexity index is 1090. The molecular formula is C27H21N2. The molecule has 5 rings (SSSR count). The maximum absolute atomic E-state index is 3.14. The SMILES string of the molecule is [c]1ccc(N2C=C(c3ccccc3)N(c3ccccc3)C2c2ccccc2)cc1. The highest BCUT2D eigenvalue weighted by atomic mass is 15.4. The van der Waals surface area contributed by atoms with E-state index in [-0.39, 0.29) is 6.17 Å². The minimum atomic E-state index is 0.0243. The molecule has 1 atom stereocenters. The fourth-order valence-corrected chi connectivity index (χ4v) is 3.91. The van der Waals surface area contributed by atoms with E-state index in [2.05, 4.69) is 125 Å². The summed E-state index contributed by atoms with van der Waals surface area (Å²) >= 11 is 0. The van der Waals surface area contributed by atoms with Crippen LogP contribution in [0, 0.1) is 6.07 Å². The summed E-state index contributed by atoms with van der Waals surface area (Å²) in [5.41, 5.74) is 5.93. The van der Waals surface area contributed by atoms with Crippen LogP contribution < -0.4 is 9.80 Å². The average Bonchev–Trinajstić information content (AvgIpc) is 3.22. The standard InChI is InChI=1S/C27H21N2/c1-5-13-22(14-6-1)26-21-28(24-17-9-3-10-18-24)27(23-15-7-2-8-16-23)29(26)25-19-11-4-12-20-25/h1-2,4-21,27H. The minimum Gasteiger partial charge on any atom is -0.321 e. The summed E-state index contributed by atoms with van der Waals surface area (Å²) in [7, 11) is 0. The smallest absolute Gasteiger partial charge is 0.136 e. The van der Waals surface area contributed by atoms with Gasteiger partial charge in [0.25, 0.3) is 0 Å². The highest BCUT2D eigenvalue weighted by molar-refractivity contribution is 5.86. The molecule has 0 N–H and O–H groups in total. The molecular weight excluding hydrogens is 352 g/mol. The lowest BCUT2D eigenvalue weighted by molar-refractivity contribution is 0.739. The summed E-state index contributed by atoms with van der Waals surface area (Å²) in [5.74, 6) is 0. The monoisotopic (exact) mass is 373 g/mol. The zero-order chi connectivity index (χ0) is 19.5. The molecule has 0 fully saturated rings. The molecule has 1 aliphatic heterocycles. The van der Waals surface area contributed by atoms with Gasteiger partial charge in [-0.15, -0.1) is 0 Å². The Hall–Kier alpha value is -3.78. The molecule has 0 saturated heterocycles. The van der Waals surface area contributed by atoms with Gasteiger partial charge in [0.1, 0.15) is 6.17 Å². The van der Waals surface area contributed by atoms with Crippen molar-refractivity contribution in [2.45, 2.75) is 6.17 Å². The molecule has 0 saturated carbocycles. The van der Waals surface area contributed by atoms with Crippen LogP contribution in [-0.2, 0) is 0 Å². The van der Waals surface area contributed by atoms with E-state index in [1.54, 1.807) is 0 Å². The molecule has 29 heavy (non-hydrogen) atoms. The summed E-state index contributed by atoms with van der Waals surface area (Å²) in [5, 5.41) is 0. The Kier molecular flexibility index (Phi) is 4.59. The lowest BCUT2D eigenvalue weighted by Gasteiger charge is -2.35. The normalized spacial score (nSPS) is 16.0. The molecule has 1 radical (unpaired) electrons. The highest BCUT2D eigenvalue weighted by Gasteiger charge is 2.35. The van der Waals surface area contributed by atoms with Crippen LogP contribution in [-0.4, -0.2) is 0 Å². The van der Waals surface area contributed by atoms with E-state index in [1.807, 2.05) is 12.1 Å². The predicted octanol–water partition coefficient (Wildman–Crippen LogP) is 6.51. The van der Waals surface area contributed by atoms with Gasteiger partial charge in [-0.1, -0.05) is 91.0 Å². The van der Waals surface area contributed by atoms with Crippen molar-refractivity contribution in [3.05, 3.63) is 139 Å². The van der Waals surface area contributed by atoms with E-state index in [9.17, 15) is 0 Å². The van der Waals surface area contributed by atoms with Crippen LogP contribution in [0.2, 0.25) is 0 Å². The molecule has 1 unspecified atom stereocenters. The minimum absolute atomic E-state index is 0.0243. The van der Waals surface area contributed by atoms with Crippen LogP contribution in [0.1, 0.15) is 17.3 Å². The van der Waals surface area contributed by atoms with Gasteiger partial charge in [0.05, 0.1) is 5.70 Å². The number of hydrogen-bond donors (Lipinski definition) is 0. The molecule has 139 valence electrons. The molecule has 0 spiro atoms. The molecule has 0 aliphatic carbocycles. The number of hydrogen-bond acceptors (Lipinski definition) is 2. The topological polar surface area (TPSA) is 6.48 Å². The Balaban J connectivity index is 1.72. The second kappa shape index (κ2) is 7.69. The van der Waals surface area contributed by atoms with Crippen molar-refractivity contribution in [3.63, 3.8) is 0 Å². The van der Waals surface area contributed by atoms with Gasteiger partial charge in [-0.25, -0.2) is 0 Å². The third-order valence-corrected chi connectivity index (χ3v) is 5.23. The van der Waals surface area contributed by atoms with E-state index in [0.717, 1.165) is 5.69 Å². The number of anilines is 2. The van der Waals surface area contributed by atoms with E-state index in [0.29, 0.717) is 0 Å². The van der Waals surface area contributed by atoms with E-state index >= 15 is 0 Å². The average molecular weight is 373 g/mol. The molecule has 0 bridgehead atoms. The Morgan fingerprint density at radius 1 is 0.586 bits per heavy atom. The van der Waals surface area contributed by atoms with E-state index < -0.39 is 0 Å². The summed E-state index contributed by atoms with van der Waals surface area (Å²) in [6.45, 7) is 0. The Morgan fingerprint density at radius 3 is 1.83 bits per heavy atom. The lowest BCUT2D eigenvalue weighted by Crippen LogP contribution is -2.31. The van der Waals surface area contributed by atoms with Crippen LogP contribution in [0.25, 0.3) is 5.70 Å². The van der Waals surface area contributed by atoms with Gasteiger partial charge in [0, 0.05) is 17.6 Å². The van der Waals surface area contributed by atoms with Crippen molar-refractivity contribution in [2.24, 2.45) is 0 Å². The predicted molar refractivity (Wildman–Crippen MR) is 120 cm³/mol. The first-order chi connectivity index (χ1) is 14.4. The van der Waals surface area contributed by atoms with Gasteiger partial charge in [-0.05, 0) is 41.5 Å². The molecule has 2 nitrogen and oxygen atoms in total. The molecule has 4 aromatic rings. The first-order valence-corrected chi connectivity index (χ1v) is 9.83. The van der Waals surface area contributed by atoms with E-state index in [1.165, 1.54) is 22.5 Å². The third kappa shape index (κ3) is 3.30. The van der Waals surface area contributed by atoms with Gasteiger partial charge in [-0.2, -0.15) is 0 Å². The first-order valence-electron chi connectivity index (χ1n) is 9.83. The highest BCUT2D eigenvalue weighted by Crippen LogP contribution is 2.44. The number of benzene rings is 4.